The predicted octanol–water partition coefficient (Wildman–Crippen LogP) is 2.07. The van der Waals surface area contributed by atoms with Crippen LogP contribution in [0.25, 0.3) is 0 Å². The van der Waals surface area contributed by atoms with Crippen LogP contribution in [0, 0.1) is 0 Å². The Balaban J connectivity index is 2.90. The van der Waals surface area contributed by atoms with E-state index < -0.39 is 0 Å². The van der Waals surface area contributed by atoms with Gasteiger partial charge in [0.25, 0.3) is 0 Å². The molecule has 0 saturated carbocycles. The average molecular weight is 154 g/mol. The molecule has 0 spiro atoms. The molecule has 0 fully saturated rings. The normalized spacial score (nSPS) is 18.0. The van der Waals surface area contributed by atoms with Crippen molar-refractivity contribution in [2.45, 2.75) is 13.8 Å². The number of allylic oxidation sites excluding steroid dienone is 2. The highest BCUT2D eigenvalue weighted by atomic mass is 32.2. The van der Waals surface area contributed by atoms with Crippen molar-refractivity contribution < 1.29 is 0 Å². The summed E-state index contributed by atoms with van der Waals surface area (Å²) in [6, 6.07) is 0. The summed E-state index contributed by atoms with van der Waals surface area (Å²) in [5.74, 6) is 0.952. The van der Waals surface area contributed by atoms with Gasteiger partial charge >= 0.3 is 0 Å². The topological polar surface area (TPSA) is 24.4 Å². The molecule has 1 aliphatic heterocycles. The van der Waals surface area contributed by atoms with E-state index in [0.29, 0.717) is 0 Å². The molecule has 10 heavy (non-hydrogen) atoms. The lowest BCUT2D eigenvalue weighted by Crippen LogP contribution is -2.15. The Bertz CT molecular complexity index is 216. The molecule has 54 valence electrons. The van der Waals surface area contributed by atoms with Gasteiger partial charge in [-0.25, -0.2) is 4.99 Å². The number of hydrogen-bond donors (Lipinski definition) is 1. The first kappa shape index (κ1) is 7.41. The van der Waals surface area contributed by atoms with Crippen LogP contribution in [0.15, 0.2) is 28.2 Å². The van der Waals surface area contributed by atoms with Crippen LogP contribution in [0.4, 0.5) is 0 Å². The number of amidine groups is 1. The molecule has 0 unspecified atom stereocenters. The second-order valence-electron chi connectivity index (χ2n) is 2.06. The summed E-state index contributed by atoms with van der Waals surface area (Å²) in [5.41, 5.74) is 1.04. The van der Waals surface area contributed by atoms with Gasteiger partial charge in [-0.2, -0.15) is 0 Å². The summed E-state index contributed by atoms with van der Waals surface area (Å²) < 4.78 is 3.05. The molecule has 0 aromatic rings. The molecular weight excluding hydrogens is 144 g/mol. The summed E-state index contributed by atoms with van der Waals surface area (Å²) in [7, 11) is 0. The molecule has 0 radical (unpaired) electrons. The molecule has 1 N–H and O–H groups in total. The van der Waals surface area contributed by atoms with Gasteiger partial charge in [0.05, 0.1) is 5.70 Å². The molecule has 0 atom stereocenters. The molecule has 0 aromatic carbocycles. The van der Waals surface area contributed by atoms with Gasteiger partial charge in [0.2, 0.25) is 0 Å². The molecule has 1 heterocycles. The molecule has 1 rings (SSSR count). The summed E-state index contributed by atoms with van der Waals surface area (Å²) in [5, 5.41) is 0. The molecule has 1 aliphatic rings. The Morgan fingerprint density at radius 2 is 2.30 bits per heavy atom. The van der Waals surface area contributed by atoms with Crippen molar-refractivity contribution in [2.24, 2.45) is 4.99 Å². The second-order valence-corrected chi connectivity index (χ2v) is 2.90. The zero-order chi connectivity index (χ0) is 7.56. The number of rotatable bonds is 1. The second kappa shape index (κ2) is 2.92. The minimum absolute atomic E-state index is 0.952. The van der Waals surface area contributed by atoms with E-state index in [9.17, 15) is 0 Å². The van der Waals surface area contributed by atoms with Gasteiger partial charge in [-0.15, -0.1) is 0 Å². The molecule has 0 saturated heterocycles. The van der Waals surface area contributed by atoms with Crippen LogP contribution >= 0.6 is 11.9 Å². The molecule has 0 bridgehead atoms. The van der Waals surface area contributed by atoms with E-state index in [1.54, 1.807) is 11.9 Å². The zero-order valence-electron chi connectivity index (χ0n) is 6.14. The van der Waals surface area contributed by atoms with Crippen molar-refractivity contribution in [3.05, 3.63) is 23.3 Å². The van der Waals surface area contributed by atoms with Crippen molar-refractivity contribution in [1.82, 2.24) is 4.72 Å². The maximum Gasteiger partial charge on any atom is 0.109 e. The minimum Gasteiger partial charge on any atom is -0.314 e. The lowest BCUT2D eigenvalue weighted by molar-refractivity contribution is 1.23. The Morgan fingerprint density at radius 1 is 1.60 bits per heavy atom. The lowest BCUT2D eigenvalue weighted by Gasteiger charge is -2.12. The number of hydrogen-bond acceptors (Lipinski definition) is 3. The molecule has 0 amide bonds. The molecule has 2 nitrogen and oxygen atoms in total. The fourth-order valence-corrected chi connectivity index (χ4v) is 1.30. The van der Waals surface area contributed by atoms with Gasteiger partial charge in [-0.1, -0.05) is 12.7 Å². The maximum atomic E-state index is 4.23. The van der Waals surface area contributed by atoms with E-state index in [4.69, 9.17) is 0 Å². The first-order valence-electron chi connectivity index (χ1n) is 3.05. The van der Waals surface area contributed by atoms with Gasteiger partial charge in [0.1, 0.15) is 5.84 Å². The van der Waals surface area contributed by atoms with Gasteiger partial charge < -0.3 is 4.72 Å². The van der Waals surface area contributed by atoms with E-state index in [0.717, 1.165) is 16.4 Å². The fraction of sp³-hybridized carbons (Fsp3) is 0.286. The maximum absolute atomic E-state index is 4.23. The van der Waals surface area contributed by atoms with Crippen molar-refractivity contribution in [3.8, 4) is 0 Å². The van der Waals surface area contributed by atoms with Crippen LogP contribution in [0.3, 0.4) is 0 Å². The highest BCUT2D eigenvalue weighted by Crippen LogP contribution is 2.21. The Kier molecular flexibility index (Phi) is 2.17. The van der Waals surface area contributed by atoms with E-state index in [1.807, 2.05) is 19.9 Å². The Labute approximate surface area is 65.2 Å². The highest BCUT2D eigenvalue weighted by molar-refractivity contribution is 8.02. The number of nitrogens with zero attached hydrogens (tertiary/aromatic N) is 1. The van der Waals surface area contributed by atoms with Crippen molar-refractivity contribution in [3.63, 3.8) is 0 Å². The third kappa shape index (κ3) is 1.42. The molecular formula is C7H10N2S. The lowest BCUT2D eigenvalue weighted by atomic mass is 10.4. The summed E-state index contributed by atoms with van der Waals surface area (Å²) in [4.78, 5) is 5.33. The van der Waals surface area contributed by atoms with Crippen molar-refractivity contribution >= 4 is 17.8 Å². The zero-order valence-corrected chi connectivity index (χ0v) is 6.96. The van der Waals surface area contributed by atoms with E-state index in [1.165, 1.54) is 0 Å². The van der Waals surface area contributed by atoms with E-state index in [2.05, 4.69) is 16.3 Å². The summed E-state index contributed by atoms with van der Waals surface area (Å²) in [6.45, 7) is 7.59. The third-order valence-corrected chi connectivity index (χ3v) is 2.27. The van der Waals surface area contributed by atoms with Crippen LogP contribution in [-0.4, -0.2) is 5.84 Å². The molecule has 3 heteroatoms. The highest BCUT2D eigenvalue weighted by Gasteiger charge is 2.05. The van der Waals surface area contributed by atoms with E-state index >= 15 is 0 Å². The SMILES string of the molecule is C=CC1=C(C)N=C(C)NS1. The quantitative estimate of drug-likeness (QED) is 0.585. The fourth-order valence-electron chi connectivity index (χ4n) is 0.722. The molecule has 0 aliphatic carbocycles. The van der Waals surface area contributed by atoms with Crippen LogP contribution in [0.1, 0.15) is 13.8 Å². The van der Waals surface area contributed by atoms with Crippen LogP contribution in [0.2, 0.25) is 0 Å². The van der Waals surface area contributed by atoms with Gasteiger partial charge in [0, 0.05) is 4.91 Å². The van der Waals surface area contributed by atoms with Crippen LogP contribution in [-0.2, 0) is 0 Å². The van der Waals surface area contributed by atoms with Crippen LogP contribution in [0.5, 0.6) is 0 Å². The van der Waals surface area contributed by atoms with Crippen molar-refractivity contribution in [1.29, 1.82) is 0 Å². The van der Waals surface area contributed by atoms with E-state index in [-0.39, 0.29) is 0 Å². The number of nitrogens with one attached hydrogen (secondary N) is 1. The van der Waals surface area contributed by atoms with Gasteiger partial charge in [0.15, 0.2) is 0 Å². The largest absolute Gasteiger partial charge is 0.314 e. The predicted molar refractivity (Wildman–Crippen MR) is 46.7 cm³/mol. The van der Waals surface area contributed by atoms with Gasteiger partial charge in [-0.05, 0) is 25.8 Å². The average Bonchev–Trinajstić information content (AvgIpc) is 1.88. The van der Waals surface area contributed by atoms with Crippen molar-refractivity contribution in [2.75, 3.05) is 0 Å². The summed E-state index contributed by atoms with van der Waals surface area (Å²) in [6.07, 6.45) is 1.81. The minimum atomic E-state index is 0.952. The third-order valence-electron chi connectivity index (χ3n) is 1.19. The van der Waals surface area contributed by atoms with Crippen LogP contribution < -0.4 is 4.72 Å². The monoisotopic (exact) mass is 154 g/mol. The smallest absolute Gasteiger partial charge is 0.109 e. The first-order valence-corrected chi connectivity index (χ1v) is 3.87. The molecule has 0 aromatic heterocycles. The summed E-state index contributed by atoms with van der Waals surface area (Å²) >= 11 is 1.56. The first-order chi connectivity index (χ1) is 4.74. The number of aliphatic imine (C=N–C) groups is 1. The van der Waals surface area contributed by atoms with Gasteiger partial charge in [-0.3, -0.25) is 0 Å². The Hall–Kier alpha value is -0.700. The standard InChI is InChI=1S/C7H10N2S/c1-4-7-5(2)8-6(3)9-10-7/h4H,1H2,2-3H3,(H,8,9). The Morgan fingerprint density at radius 3 is 2.80 bits per heavy atom.